The molecule has 4 N–H and O–H groups in total. The first-order chi connectivity index (χ1) is 17.5. The number of benzene rings is 2. The number of hydrogen-bond donors (Lipinski definition) is 3. The minimum absolute atomic E-state index is 0.137. The van der Waals surface area contributed by atoms with Gasteiger partial charge in [-0.2, -0.15) is 19.6 Å². The van der Waals surface area contributed by atoms with Crippen molar-refractivity contribution in [2.75, 3.05) is 28.6 Å². The van der Waals surface area contributed by atoms with Crippen LogP contribution < -0.4 is 21.3 Å². The van der Waals surface area contributed by atoms with Crippen LogP contribution in [0.4, 0.5) is 17.6 Å². The summed E-state index contributed by atoms with van der Waals surface area (Å²) in [5.74, 6) is 1.48. The molecule has 2 aromatic carbocycles. The predicted octanol–water partition coefficient (Wildman–Crippen LogP) is 4.04. The molecule has 1 amide bonds. The van der Waals surface area contributed by atoms with Crippen molar-refractivity contribution in [3.63, 3.8) is 0 Å². The molecule has 0 saturated carbocycles. The van der Waals surface area contributed by atoms with Crippen LogP contribution in [0.15, 0.2) is 60.8 Å². The van der Waals surface area contributed by atoms with Gasteiger partial charge in [-0.25, -0.2) is 0 Å². The van der Waals surface area contributed by atoms with E-state index in [1.165, 1.54) is 0 Å². The fourth-order valence-electron chi connectivity index (χ4n) is 4.38. The minimum Gasteiger partial charge on any atom is -0.350 e. The van der Waals surface area contributed by atoms with Crippen LogP contribution in [-0.2, 0) is 6.54 Å². The zero-order chi connectivity index (χ0) is 25.1. The zero-order valence-corrected chi connectivity index (χ0v) is 20.7. The topological polar surface area (TPSA) is 113 Å². The summed E-state index contributed by atoms with van der Waals surface area (Å²) in [6.45, 7) is 6.47. The Labute approximate surface area is 210 Å². The summed E-state index contributed by atoms with van der Waals surface area (Å²) in [5, 5.41) is 11.0. The third-order valence-electron chi connectivity index (χ3n) is 6.50. The second-order valence-corrected chi connectivity index (χ2v) is 9.54. The van der Waals surface area contributed by atoms with Gasteiger partial charge in [0.25, 0.3) is 5.91 Å². The van der Waals surface area contributed by atoms with E-state index in [1.54, 1.807) is 16.6 Å². The molecular weight excluding hydrogens is 452 g/mol. The summed E-state index contributed by atoms with van der Waals surface area (Å²) in [7, 11) is 0. The average Bonchev–Trinajstić information content (AvgIpc) is 3.33. The fraction of sp³-hybridized carbons (Fsp3) is 0.333. The molecule has 4 aromatic rings. The van der Waals surface area contributed by atoms with E-state index in [2.05, 4.69) is 34.5 Å². The summed E-state index contributed by atoms with van der Waals surface area (Å²) >= 11 is 0. The molecule has 1 saturated heterocycles. The third kappa shape index (κ3) is 5.16. The number of anilines is 3. The van der Waals surface area contributed by atoms with Crippen molar-refractivity contribution in [2.45, 2.75) is 45.2 Å². The Morgan fingerprint density at radius 2 is 1.86 bits per heavy atom. The molecule has 9 nitrogen and oxygen atoms in total. The van der Waals surface area contributed by atoms with E-state index in [9.17, 15) is 4.79 Å². The Morgan fingerprint density at radius 3 is 2.61 bits per heavy atom. The lowest BCUT2D eigenvalue weighted by Gasteiger charge is -2.30. The monoisotopic (exact) mass is 484 g/mol. The largest absolute Gasteiger partial charge is 0.350 e. The van der Waals surface area contributed by atoms with E-state index >= 15 is 0 Å². The van der Waals surface area contributed by atoms with Gasteiger partial charge >= 0.3 is 0 Å². The maximum Gasteiger partial charge on any atom is 0.255 e. The SMILES string of the molecule is CC(C)c1cnn2c(NCc3cccc(NC(=O)c4ccccc4)c3)nc(N3CCC(N)CC3)nc12. The van der Waals surface area contributed by atoms with Gasteiger partial charge in [0.15, 0.2) is 5.65 Å². The van der Waals surface area contributed by atoms with Gasteiger partial charge in [-0.1, -0.05) is 44.2 Å². The van der Waals surface area contributed by atoms with Gasteiger partial charge in [0.1, 0.15) is 0 Å². The normalized spacial score (nSPS) is 14.4. The number of nitrogens with one attached hydrogen (secondary N) is 2. The smallest absolute Gasteiger partial charge is 0.255 e. The highest BCUT2D eigenvalue weighted by atomic mass is 16.1. The molecule has 5 rings (SSSR count). The second-order valence-electron chi connectivity index (χ2n) is 9.54. The molecule has 9 heteroatoms. The molecule has 2 aromatic heterocycles. The van der Waals surface area contributed by atoms with Gasteiger partial charge in [-0.05, 0) is 48.6 Å². The number of amides is 1. The highest BCUT2D eigenvalue weighted by molar-refractivity contribution is 6.04. The minimum atomic E-state index is -0.137. The lowest BCUT2D eigenvalue weighted by atomic mass is 10.1. The maximum atomic E-state index is 12.5. The number of carbonyl (C=O) groups is 1. The molecule has 1 aliphatic heterocycles. The van der Waals surface area contributed by atoms with Gasteiger partial charge < -0.3 is 21.3 Å². The molecule has 0 bridgehead atoms. The second kappa shape index (κ2) is 10.3. The van der Waals surface area contributed by atoms with E-state index in [4.69, 9.17) is 15.7 Å². The van der Waals surface area contributed by atoms with Crippen molar-refractivity contribution < 1.29 is 4.79 Å². The quantitative estimate of drug-likeness (QED) is 0.363. The van der Waals surface area contributed by atoms with E-state index in [0.29, 0.717) is 24.0 Å². The molecular formula is C27H32N8O. The standard InChI is InChI=1S/C27H32N8O/c1-18(2)23-17-30-35-24(23)32-27(34-13-11-21(28)12-14-34)33-26(35)29-16-19-7-6-10-22(15-19)31-25(36)20-8-4-3-5-9-20/h3-10,15,17-18,21H,11-14,16,28H2,1-2H3,(H,31,36)(H,29,32,33). The van der Waals surface area contributed by atoms with Crippen molar-refractivity contribution >= 4 is 29.1 Å². The predicted molar refractivity (Wildman–Crippen MR) is 142 cm³/mol. The number of fused-ring (bicyclic) bond motifs is 1. The number of carbonyl (C=O) groups excluding carboxylic acids is 1. The molecule has 0 radical (unpaired) electrons. The Bertz CT molecular complexity index is 1340. The molecule has 0 unspecified atom stereocenters. The van der Waals surface area contributed by atoms with Crippen molar-refractivity contribution in [3.8, 4) is 0 Å². The van der Waals surface area contributed by atoms with Crippen LogP contribution in [0.2, 0.25) is 0 Å². The van der Waals surface area contributed by atoms with Crippen molar-refractivity contribution in [2.24, 2.45) is 5.73 Å². The van der Waals surface area contributed by atoms with Crippen LogP contribution in [0.5, 0.6) is 0 Å². The lowest BCUT2D eigenvalue weighted by Crippen LogP contribution is -2.40. The average molecular weight is 485 g/mol. The third-order valence-corrected chi connectivity index (χ3v) is 6.50. The molecule has 36 heavy (non-hydrogen) atoms. The lowest BCUT2D eigenvalue weighted by molar-refractivity contribution is 0.102. The van der Waals surface area contributed by atoms with Crippen LogP contribution in [0.25, 0.3) is 5.65 Å². The van der Waals surface area contributed by atoms with Gasteiger partial charge in [0, 0.05) is 42.5 Å². The van der Waals surface area contributed by atoms with Gasteiger partial charge in [0.2, 0.25) is 11.9 Å². The molecule has 0 spiro atoms. The van der Waals surface area contributed by atoms with Crippen LogP contribution in [0.3, 0.4) is 0 Å². The van der Waals surface area contributed by atoms with Gasteiger partial charge in [-0.15, -0.1) is 0 Å². The summed E-state index contributed by atoms with van der Waals surface area (Å²) < 4.78 is 1.77. The summed E-state index contributed by atoms with van der Waals surface area (Å²) in [5.41, 5.74) is 10.4. The Kier molecular flexibility index (Phi) is 6.81. The molecule has 1 aliphatic rings. The number of nitrogens with zero attached hydrogens (tertiary/aromatic N) is 5. The zero-order valence-electron chi connectivity index (χ0n) is 20.7. The first-order valence-electron chi connectivity index (χ1n) is 12.4. The Morgan fingerprint density at radius 1 is 1.08 bits per heavy atom. The highest BCUT2D eigenvalue weighted by Crippen LogP contribution is 2.25. The van der Waals surface area contributed by atoms with Crippen molar-refractivity contribution in [1.82, 2.24) is 19.6 Å². The number of nitrogens with two attached hydrogens (primary N) is 1. The molecule has 3 heterocycles. The first kappa shape index (κ1) is 23.7. The van der Waals surface area contributed by atoms with E-state index in [-0.39, 0.29) is 17.9 Å². The van der Waals surface area contributed by atoms with Crippen LogP contribution in [0, 0.1) is 0 Å². The van der Waals surface area contributed by atoms with Crippen LogP contribution in [0.1, 0.15) is 54.1 Å². The Hall–Kier alpha value is -3.98. The number of hydrogen-bond acceptors (Lipinski definition) is 7. The van der Waals surface area contributed by atoms with E-state index < -0.39 is 0 Å². The van der Waals surface area contributed by atoms with Gasteiger partial charge in [-0.3, -0.25) is 4.79 Å². The number of piperidine rings is 1. The maximum absolute atomic E-state index is 12.5. The van der Waals surface area contributed by atoms with Crippen LogP contribution >= 0.6 is 0 Å². The first-order valence-corrected chi connectivity index (χ1v) is 12.4. The Balaban J connectivity index is 1.37. The highest BCUT2D eigenvalue weighted by Gasteiger charge is 2.22. The number of rotatable bonds is 7. The molecule has 186 valence electrons. The van der Waals surface area contributed by atoms with Crippen molar-refractivity contribution in [1.29, 1.82) is 0 Å². The van der Waals surface area contributed by atoms with Crippen LogP contribution in [-0.4, -0.2) is 44.6 Å². The van der Waals surface area contributed by atoms with E-state index in [0.717, 1.165) is 48.4 Å². The fourth-order valence-corrected chi connectivity index (χ4v) is 4.38. The molecule has 1 fully saturated rings. The van der Waals surface area contributed by atoms with E-state index in [1.807, 2.05) is 48.7 Å². The summed E-state index contributed by atoms with van der Waals surface area (Å²) in [6, 6.07) is 17.2. The van der Waals surface area contributed by atoms with Crippen molar-refractivity contribution in [3.05, 3.63) is 77.5 Å². The molecule has 0 aliphatic carbocycles. The number of aromatic nitrogens is 4. The molecule has 0 atom stereocenters. The summed E-state index contributed by atoms with van der Waals surface area (Å²) in [4.78, 5) is 24.5. The van der Waals surface area contributed by atoms with Gasteiger partial charge in [0.05, 0.1) is 6.20 Å². The summed E-state index contributed by atoms with van der Waals surface area (Å²) in [6.07, 6.45) is 3.72.